The number of aliphatic hydroxyl groups is 1. The van der Waals surface area contributed by atoms with Gasteiger partial charge in [-0.15, -0.1) is 0 Å². The molecule has 0 aliphatic rings. The minimum atomic E-state index is -1.18. The van der Waals surface area contributed by atoms with Crippen LogP contribution in [0.1, 0.15) is 239 Å². The molecule has 10 nitrogen and oxygen atoms in total. The molecule has 0 aliphatic carbocycles. The molecule has 0 amide bonds. The van der Waals surface area contributed by atoms with Crippen molar-refractivity contribution in [1.82, 2.24) is 4.90 Å². The van der Waals surface area contributed by atoms with Crippen LogP contribution in [0.15, 0.2) is 48.6 Å². The number of hydrogen-bond donors (Lipinski definition) is 1. The molecule has 0 saturated heterocycles. The number of carbonyl (C=O) groups excluding carboxylic acids is 3. The molecule has 3 atom stereocenters. The number of nitrogens with zero attached hydrogens (tertiary/aromatic N) is 1. The number of hydrogen-bond acceptors (Lipinski definition) is 10. The van der Waals surface area contributed by atoms with Gasteiger partial charge in [0.1, 0.15) is 6.61 Å². The highest BCUT2D eigenvalue weighted by Gasteiger charge is 2.29. The smallest absolute Gasteiger partial charge is 0.462 e. The van der Waals surface area contributed by atoms with Crippen LogP contribution in [-0.2, 0) is 33.3 Å². The zero-order valence-corrected chi connectivity index (χ0v) is 43.9. The third-order valence-electron chi connectivity index (χ3n) is 11.7. The van der Waals surface area contributed by atoms with Crippen LogP contribution >= 0.6 is 0 Å². The fourth-order valence-corrected chi connectivity index (χ4v) is 7.50. The highest BCUT2D eigenvalue weighted by molar-refractivity contribution is 5.77. The van der Waals surface area contributed by atoms with E-state index in [0.717, 1.165) is 116 Å². The van der Waals surface area contributed by atoms with E-state index in [4.69, 9.17) is 23.7 Å². The molecule has 67 heavy (non-hydrogen) atoms. The van der Waals surface area contributed by atoms with E-state index in [1.54, 1.807) is 0 Å². The largest absolute Gasteiger partial charge is 0.509 e. The number of unbranched alkanes of at least 4 members (excludes halogenated alkanes) is 23. The maximum atomic E-state index is 13.7. The molecule has 1 N–H and O–H groups in total. The molecule has 0 spiro atoms. The van der Waals surface area contributed by atoms with E-state index >= 15 is 0 Å². The highest BCUT2D eigenvalue weighted by Crippen LogP contribution is 2.17. The molecule has 0 aromatic carbocycles. The first-order valence-electron chi connectivity index (χ1n) is 27.5. The summed E-state index contributed by atoms with van der Waals surface area (Å²) in [6.07, 6.45) is 48.5. The predicted molar refractivity (Wildman–Crippen MR) is 278 cm³/mol. The second-order valence-electron chi connectivity index (χ2n) is 18.7. The molecule has 0 saturated carbocycles. The van der Waals surface area contributed by atoms with Crippen LogP contribution in [0.2, 0.25) is 0 Å². The van der Waals surface area contributed by atoms with Gasteiger partial charge in [0, 0.05) is 13.0 Å². The molecule has 0 radical (unpaired) electrons. The number of ether oxygens (including phenoxy) is 5. The Morgan fingerprint density at radius 1 is 0.493 bits per heavy atom. The Hall–Kier alpha value is -2.95. The van der Waals surface area contributed by atoms with Gasteiger partial charge in [-0.1, -0.05) is 179 Å². The van der Waals surface area contributed by atoms with Crippen molar-refractivity contribution < 1.29 is 43.2 Å². The SMILES string of the molecule is CCCCC/C=C\C/C=C\CCCCCCCC(=O)OCC(COC(O)CCCCCCC/C=C\C/C=C\CCCCC)OC(=O)C(CCCCCCCCCC)OC(=O)OCCCN(C)C. The average molecular weight is 946 g/mol. The summed E-state index contributed by atoms with van der Waals surface area (Å²) in [5, 5.41) is 10.7. The first kappa shape index (κ1) is 64.0. The van der Waals surface area contributed by atoms with Gasteiger partial charge < -0.3 is 33.7 Å². The van der Waals surface area contributed by atoms with Crippen molar-refractivity contribution in [2.24, 2.45) is 0 Å². The van der Waals surface area contributed by atoms with Crippen LogP contribution in [0.5, 0.6) is 0 Å². The van der Waals surface area contributed by atoms with Gasteiger partial charge in [-0.05, 0) is 117 Å². The third-order valence-corrected chi connectivity index (χ3v) is 11.7. The van der Waals surface area contributed by atoms with E-state index < -0.39 is 30.6 Å². The van der Waals surface area contributed by atoms with Crippen LogP contribution in [0, 0.1) is 0 Å². The third kappa shape index (κ3) is 47.9. The molecule has 10 heteroatoms. The Balaban J connectivity index is 5.11. The monoisotopic (exact) mass is 946 g/mol. The Labute approximate surface area is 411 Å². The predicted octanol–water partition coefficient (Wildman–Crippen LogP) is 15.4. The lowest BCUT2D eigenvalue weighted by molar-refractivity contribution is -0.180. The number of rotatable bonds is 49. The fourth-order valence-electron chi connectivity index (χ4n) is 7.50. The second-order valence-corrected chi connectivity index (χ2v) is 18.7. The lowest BCUT2D eigenvalue weighted by Crippen LogP contribution is -2.37. The summed E-state index contributed by atoms with van der Waals surface area (Å²) in [6, 6.07) is 0. The normalized spacial score (nSPS) is 13.4. The standard InChI is InChI=1S/C57H103NO9/c1-6-9-12-15-18-21-23-25-27-29-31-33-36-39-42-46-54(59)64-50-52(51-65-55(60)47-43-40-37-34-32-30-28-26-24-22-19-16-13-10-7-2)66-56(61)53(45-41-38-35-20-17-14-11-8-3)67-57(62)63-49-44-48-58(4)5/h18-19,21-22,25-28,52-54,59H,6-17,20,23-24,29-51H2,1-5H3/b21-18-,22-19-,27-25-,28-26-. The van der Waals surface area contributed by atoms with Crippen molar-refractivity contribution in [3.05, 3.63) is 48.6 Å². The minimum absolute atomic E-state index is 0.163. The van der Waals surface area contributed by atoms with Crippen molar-refractivity contribution in [3.8, 4) is 0 Å². The Bertz CT molecular complexity index is 1230. The van der Waals surface area contributed by atoms with Crippen molar-refractivity contribution in [1.29, 1.82) is 0 Å². The summed E-state index contributed by atoms with van der Waals surface area (Å²) in [5.41, 5.74) is 0. The molecule has 390 valence electrons. The van der Waals surface area contributed by atoms with E-state index in [2.05, 4.69) is 69.4 Å². The Kier molecular flexibility index (Phi) is 48.7. The summed E-state index contributed by atoms with van der Waals surface area (Å²) in [6.45, 7) is 7.19. The molecule has 0 rings (SSSR count). The lowest BCUT2D eigenvalue weighted by Gasteiger charge is -2.23. The molecule has 0 bridgehead atoms. The number of esters is 2. The van der Waals surface area contributed by atoms with Gasteiger partial charge in [0.2, 0.25) is 6.10 Å². The van der Waals surface area contributed by atoms with E-state index in [0.29, 0.717) is 19.3 Å². The number of carbonyl (C=O) groups is 3. The molecule has 0 fully saturated rings. The quantitative estimate of drug-likeness (QED) is 0.0207. The van der Waals surface area contributed by atoms with Crippen LogP contribution < -0.4 is 0 Å². The molecular formula is C57H103NO9. The van der Waals surface area contributed by atoms with Crippen molar-refractivity contribution in [2.75, 3.05) is 40.5 Å². The number of allylic oxidation sites excluding steroid dienone is 8. The van der Waals surface area contributed by atoms with Crippen molar-refractivity contribution >= 4 is 18.1 Å². The minimum Gasteiger partial charge on any atom is -0.462 e. The lowest BCUT2D eigenvalue weighted by atomic mass is 10.1. The summed E-state index contributed by atoms with van der Waals surface area (Å²) < 4.78 is 28.1. The van der Waals surface area contributed by atoms with Crippen LogP contribution in [0.3, 0.4) is 0 Å². The van der Waals surface area contributed by atoms with E-state index in [9.17, 15) is 19.5 Å². The van der Waals surface area contributed by atoms with Gasteiger partial charge in [-0.2, -0.15) is 0 Å². The molecule has 0 aromatic heterocycles. The van der Waals surface area contributed by atoms with Crippen molar-refractivity contribution in [2.45, 2.75) is 258 Å². The molecule has 0 aromatic rings. The van der Waals surface area contributed by atoms with Gasteiger partial charge in [-0.3, -0.25) is 4.79 Å². The number of aliphatic hydroxyl groups excluding tert-OH is 1. The van der Waals surface area contributed by atoms with Gasteiger partial charge in [-0.25, -0.2) is 9.59 Å². The second kappa shape index (κ2) is 50.9. The van der Waals surface area contributed by atoms with Crippen molar-refractivity contribution in [3.63, 3.8) is 0 Å². The van der Waals surface area contributed by atoms with Gasteiger partial charge >= 0.3 is 18.1 Å². The fraction of sp³-hybridized carbons (Fsp3) is 0.807. The van der Waals surface area contributed by atoms with E-state index in [1.165, 1.54) is 77.0 Å². The first-order chi connectivity index (χ1) is 32.7. The van der Waals surface area contributed by atoms with E-state index in [-0.39, 0.29) is 38.6 Å². The summed E-state index contributed by atoms with van der Waals surface area (Å²) in [5.74, 6) is -1.11. The van der Waals surface area contributed by atoms with E-state index in [1.807, 2.05) is 19.0 Å². The first-order valence-corrected chi connectivity index (χ1v) is 27.5. The van der Waals surface area contributed by atoms with Crippen LogP contribution in [-0.4, -0.2) is 87.1 Å². The van der Waals surface area contributed by atoms with Gasteiger partial charge in [0.25, 0.3) is 0 Å². The highest BCUT2D eigenvalue weighted by atomic mass is 16.7. The average Bonchev–Trinajstić information content (AvgIpc) is 3.31. The Morgan fingerprint density at radius 2 is 0.940 bits per heavy atom. The zero-order valence-electron chi connectivity index (χ0n) is 43.9. The summed E-state index contributed by atoms with van der Waals surface area (Å²) in [7, 11) is 3.89. The van der Waals surface area contributed by atoms with Crippen LogP contribution in [0.4, 0.5) is 4.79 Å². The molecule has 3 unspecified atom stereocenters. The maximum Gasteiger partial charge on any atom is 0.509 e. The molecule has 0 aliphatic heterocycles. The molecular weight excluding hydrogens is 843 g/mol. The maximum absolute atomic E-state index is 13.7. The molecule has 0 heterocycles. The topological polar surface area (TPSA) is 121 Å². The summed E-state index contributed by atoms with van der Waals surface area (Å²) >= 11 is 0. The van der Waals surface area contributed by atoms with Gasteiger partial charge in [0.15, 0.2) is 12.4 Å². The summed E-state index contributed by atoms with van der Waals surface area (Å²) in [4.78, 5) is 41.2. The van der Waals surface area contributed by atoms with Gasteiger partial charge in [0.05, 0.1) is 13.2 Å². The zero-order chi connectivity index (χ0) is 49.1. The Morgan fingerprint density at radius 3 is 1.46 bits per heavy atom. The van der Waals surface area contributed by atoms with Crippen LogP contribution in [0.25, 0.3) is 0 Å².